The second-order valence-electron chi connectivity index (χ2n) is 4.51. The molecule has 0 saturated carbocycles. The first kappa shape index (κ1) is 14.9. The summed E-state index contributed by atoms with van der Waals surface area (Å²) in [6.07, 6.45) is 3.58. The summed E-state index contributed by atoms with van der Waals surface area (Å²) in [4.78, 5) is 30.2. The fourth-order valence-corrected chi connectivity index (χ4v) is 2.18. The number of nitrogens with one attached hydrogen (secondary N) is 2. The maximum absolute atomic E-state index is 12.0. The zero-order valence-corrected chi connectivity index (χ0v) is 12.2. The molecule has 0 atom stereocenters. The van der Waals surface area contributed by atoms with Crippen LogP contribution in [0.1, 0.15) is 16.1 Å². The van der Waals surface area contributed by atoms with Gasteiger partial charge in [0.15, 0.2) is 20.3 Å². The van der Waals surface area contributed by atoms with Crippen LogP contribution >= 0.6 is 0 Å². The molecule has 0 aromatic carbocycles. The number of anilines is 1. The first-order chi connectivity index (χ1) is 9.77. The van der Waals surface area contributed by atoms with Gasteiger partial charge in [-0.2, -0.15) is 0 Å². The number of pyridine rings is 2. The van der Waals surface area contributed by atoms with Gasteiger partial charge in [0.05, 0.1) is 11.9 Å². The molecule has 0 aliphatic heterocycles. The Labute approximate surface area is 121 Å². The lowest BCUT2D eigenvalue weighted by molar-refractivity contribution is 0.102. The van der Waals surface area contributed by atoms with Gasteiger partial charge in [0.25, 0.3) is 5.91 Å². The maximum Gasteiger partial charge on any atom is 0.261 e. The molecule has 0 fully saturated rings. The summed E-state index contributed by atoms with van der Waals surface area (Å²) >= 11 is 0. The van der Waals surface area contributed by atoms with Crippen LogP contribution in [0.3, 0.4) is 0 Å². The second-order valence-corrected chi connectivity index (χ2v) is 6.47. The Morgan fingerprint density at radius 3 is 2.57 bits per heavy atom. The van der Waals surface area contributed by atoms with Crippen LogP contribution in [0.5, 0.6) is 0 Å². The summed E-state index contributed by atoms with van der Waals surface area (Å²) in [5.41, 5.74) is 0.514. The summed E-state index contributed by atoms with van der Waals surface area (Å²) in [5, 5.41) is 2.39. The number of carbonyl (C=O) groups is 1. The Bertz CT molecular complexity index is 838. The Morgan fingerprint density at radius 2 is 2.05 bits per heavy atom. The van der Waals surface area contributed by atoms with Gasteiger partial charge in [-0.05, 0) is 19.1 Å². The van der Waals surface area contributed by atoms with E-state index in [0.29, 0.717) is 11.4 Å². The molecule has 1 amide bonds. The van der Waals surface area contributed by atoms with E-state index >= 15 is 0 Å². The lowest BCUT2D eigenvalue weighted by Gasteiger charge is -2.05. The van der Waals surface area contributed by atoms with Crippen LogP contribution < -0.4 is 10.7 Å². The van der Waals surface area contributed by atoms with E-state index in [1.165, 1.54) is 30.6 Å². The zero-order chi connectivity index (χ0) is 15.6. The molecule has 21 heavy (non-hydrogen) atoms. The fraction of sp³-hybridized carbons (Fsp3) is 0.154. The standard InChI is InChI=1S/C13H13N3O4S/c1-8-5-11(17)10(7-14-8)13(18)16-9-3-4-12(15-6-9)21(2,19)20/h3-7H,1-2H3,(H,14,17)(H,16,18). The van der Waals surface area contributed by atoms with Gasteiger partial charge in [-0.3, -0.25) is 9.59 Å². The highest BCUT2D eigenvalue weighted by molar-refractivity contribution is 7.90. The molecular formula is C13H13N3O4S. The number of aromatic amines is 1. The van der Waals surface area contributed by atoms with Crippen molar-refractivity contribution in [3.8, 4) is 0 Å². The number of H-pyrrole nitrogens is 1. The number of amides is 1. The van der Waals surface area contributed by atoms with E-state index in [0.717, 1.165) is 6.26 Å². The molecule has 0 radical (unpaired) electrons. The van der Waals surface area contributed by atoms with Crippen LogP contribution in [-0.4, -0.2) is 30.5 Å². The topological polar surface area (TPSA) is 109 Å². The number of sulfone groups is 1. The third-order valence-electron chi connectivity index (χ3n) is 2.68. The normalized spacial score (nSPS) is 11.1. The number of aryl methyl sites for hydroxylation is 1. The first-order valence-electron chi connectivity index (χ1n) is 5.94. The van der Waals surface area contributed by atoms with Crippen LogP contribution in [0.2, 0.25) is 0 Å². The summed E-state index contributed by atoms with van der Waals surface area (Å²) < 4.78 is 22.5. The minimum absolute atomic E-state index is 0.0345. The number of hydrogen-bond acceptors (Lipinski definition) is 5. The van der Waals surface area contributed by atoms with Gasteiger partial charge in [0.2, 0.25) is 0 Å². The lowest BCUT2D eigenvalue weighted by Crippen LogP contribution is -2.21. The summed E-state index contributed by atoms with van der Waals surface area (Å²) in [7, 11) is -3.39. The third kappa shape index (κ3) is 3.54. The van der Waals surface area contributed by atoms with E-state index in [2.05, 4.69) is 15.3 Å². The molecule has 2 aromatic rings. The number of carbonyl (C=O) groups excluding carboxylic acids is 1. The maximum atomic E-state index is 12.0. The smallest absolute Gasteiger partial charge is 0.261 e. The van der Waals surface area contributed by atoms with Gasteiger partial charge in [0, 0.05) is 24.2 Å². The van der Waals surface area contributed by atoms with Crippen molar-refractivity contribution in [1.82, 2.24) is 9.97 Å². The Balaban J connectivity index is 2.22. The van der Waals surface area contributed by atoms with E-state index in [1.807, 2.05) is 0 Å². The summed E-state index contributed by atoms with van der Waals surface area (Å²) in [5.74, 6) is -0.592. The molecule has 110 valence electrons. The monoisotopic (exact) mass is 307 g/mol. The van der Waals surface area contributed by atoms with E-state index < -0.39 is 21.2 Å². The van der Waals surface area contributed by atoms with Gasteiger partial charge in [-0.1, -0.05) is 0 Å². The fourth-order valence-electron chi connectivity index (χ4n) is 1.62. The molecule has 0 unspecified atom stereocenters. The molecule has 2 rings (SSSR count). The van der Waals surface area contributed by atoms with E-state index in [9.17, 15) is 18.0 Å². The average molecular weight is 307 g/mol. The van der Waals surface area contributed by atoms with Gasteiger partial charge in [-0.25, -0.2) is 13.4 Å². The SMILES string of the molecule is Cc1cc(=O)c(C(=O)Nc2ccc(S(C)(=O)=O)nc2)c[nH]1. The van der Waals surface area contributed by atoms with Crippen molar-refractivity contribution in [2.24, 2.45) is 0 Å². The van der Waals surface area contributed by atoms with Crippen molar-refractivity contribution in [2.45, 2.75) is 11.9 Å². The molecule has 0 bridgehead atoms. The number of hydrogen-bond donors (Lipinski definition) is 2. The molecule has 0 aliphatic carbocycles. The summed E-state index contributed by atoms with van der Waals surface area (Å²) in [6, 6.07) is 4.01. The molecule has 0 aliphatic rings. The van der Waals surface area contributed by atoms with Crippen molar-refractivity contribution >= 4 is 21.4 Å². The van der Waals surface area contributed by atoms with E-state index in [4.69, 9.17) is 0 Å². The van der Waals surface area contributed by atoms with Gasteiger partial charge >= 0.3 is 0 Å². The highest BCUT2D eigenvalue weighted by Crippen LogP contribution is 2.11. The number of rotatable bonds is 3. The van der Waals surface area contributed by atoms with Crippen molar-refractivity contribution in [3.05, 3.63) is 52.1 Å². The lowest BCUT2D eigenvalue weighted by atomic mass is 10.2. The van der Waals surface area contributed by atoms with Crippen LogP contribution in [-0.2, 0) is 9.84 Å². The molecule has 2 aromatic heterocycles. The Morgan fingerprint density at radius 1 is 1.33 bits per heavy atom. The highest BCUT2D eigenvalue weighted by Gasteiger charge is 2.12. The van der Waals surface area contributed by atoms with Crippen LogP contribution in [0.15, 0.2) is 40.4 Å². The largest absolute Gasteiger partial charge is 0.364 e. The molecule has 2 N–H and O–H groups in total. The van der Waals surface area contributed by atoms with E-state index in [-0.39, 0.29) is 10.6 Å². The van der Waals surface area contributed by atoms with Crippen LogP contribution in [0.4, 0.5) is 5.69 Å². The van der Waals surface area contributed by atoms with Crippen LogP contribution in [0, 0.1) is 6.92 Å². The van der Waals surface area contributed by atoms with Crippen molar-refractivity contribution in [2.75, 3.05) is 11.6 Å². The second kappa shape index (κ2) is 5.49. The molecule has 2 heterocycles. The van der Waals surface area contributed by atoms with Gasteiger partial charge in [0.1, 0.15) is 5.56 Å². The Kier molecular flexibility index (Phi) is 3.90. The molecule has 0 spiro atoms. The molecule has 8 heteroatoms. The third-order valence-corrected chi connectivity index (χ3v) is 3.68. The predicted molar refractivity (Wildman–Crippen MR) is 77.1 cm³/mol. The summed E-state index contributed by atoms with van der Waals surface area (Å²) in [6.45, 7) is 1.71. The number of aromatic nitrogens is 2. The highest BCUT2D eigenvalue weighted by atomic mass is 32.2. The van der Waals surface area contributed by atoms with Crippen molar-refractivity contribution in [3.63, 3.8) is 0 Å². The van der Waals surface area contributed by atoms with Gasteiger partial charge < -0.3 is 10.3 Å². The molecular weight excluding hydrogens is 294 g/mol. The average Bonchev–Trinajstić information content (AvgIpc) is 2.38. The van der Waals surface area contributed by atoms with Crippen molar-refractivity contribution < 1.29 is 13.2 Å². The van der Waals surface area contributed by atoms with E-state index in [1.54, 1.807) is 6.92 Å². The van der Waals surface area contributed by atoms with Crippen molar-refractivity contribution in [1.29, 1.82) is 0 Å². The van der Waals surface area contributed by atoms with Crippen LogP contribution in [0.25, 0.3) is 0 Å². The van der Waals surface area contributed by atoms with Gasteiger partial charge in [-0.15, -0.1) is 0 Å². The zero-order valence-electron chi connectivity index (χ0n) is 11.4. The molecule has 7 nitrogen and oxygen atoms in total. The first-order valence-corrected chi connectivity index (χ1v) is 7.83. The molecule has 0 saturated heterocycles. The predicted octanol–water partition coefficient (Wildman–Crippen LogP) is 0.734. The minimum atomic E-state index is -3.39. The quantitative estimate of drug-likeness (QED) is 0.869. The Hall–Kier alpha value is -2.48. The number of nitrogens with zero attached hydrogens (tertiary/aromatic N) is 1. The minimum Gasteiger partial charge on any atom is -0.364 e.